The first-order valence-electron chi connectivity index (χ1n) is 6.88. The van der Waals surface area contributed by atoms with Crippen molar-refractivity contribution in [3.05, 3.63) is 35.1 Å². The van der Waals surface area contributed by atoms with Gasteiger partial charge in [-0.05, 0) is 31.9 Å². The first kappa shape index (κ1) is 14.0. The monoisotopic (exact) mass is 263 g/mol. The third-order valence-corrected chi connectivity index (χ3v) is 3.85. The molecular formula is C15H22FN3. The molecule has 1 aliphatic rings. The molecule has 19 heavy (non-hydrogen) atoms. The molecule has 0 saturated heterocycles. The van der Waals surface area contributed by atoms with Crippen LogP contribution in [0.25, 0.3) is 0 Å². The minimum Gasteiger partial charge on any atom is -0.384 e. The SMILES string of the molecule is CN(Cc1cccc(C(=N)N)c1F)CC1CCCC1. The molecule has 4 heteroatoms. The molecule has 0 heterocycles. The largest absolute Gasteiger partial charge is 0.384 e. The Morgan fingerprint density at radius 2 is 2.11 bits per heavy atom. The summed E-state index contributed by atoms with van der Waals surface area (Å²) in [5.74, 6) is 0.190. The smallest absolute Gasteiger partial charge is 0.138 e. The average Bonchev–Trinajstić information content (AvgIpc) is 2.84. The van der Waals surface area contributed by atoms with Gasteiger partial charge in [-0.15, -0.1) is 0 Å². The van der Waals surface area contributed by atoms with Crippen LogP contribution in [0, 0.1) is 17.1 Å². The molecule has 3 N–H and O–H groups in total. The van der Waals surface area contributed by atoms with Gasteiger partial charge in [-0.1, -0.05) is 25.0 Å². The Balaban J connectivity index is 2.01. The molecule has 104 valence electrons. The van der Waals surface area contributed by atoms with Crippen molar-refractivity contribution in [2.75, 3.05) is 13.6 Å². The molecule has 0 spiro atoms. The number of hydrogen-bond acceptors (Lipinski definition) is 2. The highest BCUT2D eigenvalue weighted by atomic mass is 19.1. The second-order valence-electron chi connectivity index (χ2n) is 5.54. The van der Waals surface area contributed by atoms with E-state index >= 15 is 0 Å². The molecule has 1 aromatic rings. The predicted octanol–water partition coefficient (Wildman–Crippen LogP) is 2.73. The summed E-state index contributed by atoms with van der Waals surface area (Å²) in [6, 6.07) is 5.09. The lowest BCUT2D eigenvalue weighted by Gasteiger charge is -2.21. The van der Waals surface area contributed by atoms with Gasteiger partial charge >= 0.3 is 0 Å². The molecule has 0 amide bonds. The molecule has 0 aliphatic heterocycles. The molecular weight excluding hydrogens is 241 g/mol. The number of nitrogens with two attached hydrogens (primary N) is 1. The Morgan fingerprint density at radius 1 is 1.42 bits per heavy atom. The maximum Gasteiger partial charge on any atom is 0.138 e. The highest BCUT2D eigenvalue weighted by Crippen LogP contribution is 2.25. The molecule has 1 fully saturated rings. The van der Waals surface area contributed by atoms with E-state index in [0.29, 0.717) is 12.1 Å². The lowest BCUT2D eigenvalue weighted by molar-refractivity contribution is 0.268. The van der Waals surface area contributed by atoms with Crippen molar-refractivity contribution in [1.82, 2.24) is 4.90 Å². The van der Waals surface area contributed by atoms with Gasteiger partial charge in [-0.3, -0.25) is 5.41 Å². The number of nitrogen functional groups attached to an aromatic ring is 1. The number of nitrogens with one attached hydrogen (secondary N) is 1. The molecule has 0 atom stereocenters. The molecule has 0 unspecified atom stereocenters. The van der Waals surface area contributed by atoms with Crippen LogP contribution in [0.1, 0.15) is 36.8 Å². The molecule has 3 nitrogen and oxygen atoms in total. The fourth-order valence-corrected chi connectivity index (χ4v) is 2.90. The summed E-state index contributed by atoms with van der Waals surface area (Å²) in [6.45, 7) is 1.59. The zero-order valence-corrected chi connectivity index (χ0v) is 11.5. The van der Waals surface area contributed by atoms with Crippen molar-refractivity contribution < 1.29 is 4.39 Å². The third-order valence-electron chi connectivity index (χ3n) is 3.85. The number of hydrogen-bond donors (Lipinski definition) is 2. The van der Waals surface area contributed by atoms with Crippen molar-refractivity contribution in [1.29, 1.82) is 5.41 Å². The zero-order valence-electron chi connectivity index (χ0n) is 11.5. The van der Waals surface area contributed by atoms with Crippen molar-refractivity contribution in [2.24, 2.45) is 11.7 Å². The Labute approximate surface area is 114 Å². The number of halogens is 1. The summed E-state index contributed by atoms with van der Waals surface area (Å²) in [4.78, 5) is 2.16. The predicted molar refractivity (Wildman–Crippen MR) is 75.7 cm³/mol. The van der Waals surface area contributed by atoms with Crippen LogP contribution >= 0.6 is 0 Å². The molecule has 1 saturated carbocycles. The summed E-state index contributed by atoms with van der Waals surface area (Å²) in [5.41, 5.74) is 6.20. The van der Waals surface area contributed by atoms with Crippen molar-refractivity contribution in [2.45, 2.75) is 32.2 Å². The fourth-order valence-electron chi connectivity index (χ4n) is 2.90. The standard InChI is InChI=1S/C15H22FN3/c1-19(9-11-5-2-3-6-11)10-12-7-4-8-13(14(12)16)15(17)18/h4,7-8,11H,2-3,5-6,9-10H2,1H3,(H3,17,18). The van der Waals surface area contributed by atoms with E-state index in [1.54, 1.807) is 18.2 Å². The highest BCUT2D eigenvalue weighted by Gasteiger charge is 2.18. The van der Waals surface area contributed by atoms with Crippen LogP contribution in [-0.2, 0) is 6.54 Å². The number of amidine groups is 1. The molecule has 2 rings (SSSR count). The topological polar surface area (TPSA) is 53.1 Å². The van der Waals surface area contributed by atoms with E-state index in [9.17, 15) is 4.39 Å². The third kappa shape index (κ3) is 3.53. The minimum absolute atomic E-state index is 0.201. The summed E-state index contributed by atoms with van der Waals surface area (Å²) < 4.78 is 14.1. The van der Waals surface area contributed by atoms with E-state index in [0.717, 1.165) is 12.5 Å². The van der Waals surface area contributed by atoms with Gasteiger partial charge in [-0.2, -0.15) is 0 Å². The number of rotatable bonds is 5. The van der Waals surface area contributed by atoms with Crippen molar-refractivity contribution in [3.63, 3.8) is 0 Å². The van der Waals surface area contributed by atoms with Gasteiger partial charge in [0, 0.05) is 18.7 Å². The molecule has 1 aromatic carbocycles. The first-order chi connectivity index (χ1) is 9.08. The second-order valence-corrected chi connectivity index (χ2v) is 5.54. The second kappa shape index (κ2) is 6.15. The van der Waals surface area contributed by atoms with E-state index in [1.165, 1.54) is 25.7 Å². The van der Waals surface area contributed by atoms with Gasteiger partial charge in [0.05, 0.1) is 5.56 Å². The Bertz CT molecular complexity index is 453. The minimum atomic E-state index is -0.353. The summed E-state index contributed by atoms with van der Waals surface area (Å²) in [7, 11) is 2.03. The maximum absolute atomic E-state index is 14.1. The van der Waals surface area contributed by atoms with Crippen LogP contribution in [0.5, 0.6) is 0 Å². The zero-order chi connectivity index (χ0) is 13.8. The van der Waals surface area contributed by atoms with Crippen LogP contribution < -0.4 is 5.73 Å². The van der Waals surface area contributed by atoms with Gasteiger partial charge in [0.25, 0.3) is 0 Å². The number of nitrogens with zero attached hydrogens (tertiary/aromatic N) is 1. The van der Waals surface area contributed by atoms with E-state index in [2.05, 4.69) is 4.90 Å². The lowest BCUT2D eigenvalue weighted by Crippen LogP contribution is -2.25. The fraction of sp³-hybridized carbons (Fsp3) is 0.533. The Kier molecular flexibility index (Phi) is 4.53. The summed E-state index contributed by atoms with van der Waals surface area (Å²) in [5, 5.41) is 7.36. The van der Waals surface area contributed by atoms with Crippen molar-refractivity contribution in [3.8, 4) is 0 Å². The normalized spacial score (nSPS) is 16.2. The van der Waals surface area contributed by atoms with Gasteiger partial charge in [0.15, 0.2) is 0 Å². The van der Waals surface area contributed by atoms with Crippen molar-refractivity contribution >= 4 is 5.84 Å². The van der Waals surface area contributed by atoms with E-state index in [-0.39, 0.29) is 17.2 Å². The Morgan fingerprint density at radius 3 is 2.74 bits per heavy atom. The Hall–Kier alpha value is -1.42. The first-order valence-corrected chi connectivity index (χ1v) is 6.88. The van der Waals surface area contributed by atoms with E-state index in [4.69, 9.17) is 11.1 Å². The lowest BCUT2D eigenvalue weighted by atomic mass is 10.1. The van der Waals surface area contributed by atoms with Gasteiger partial charge < -0.3 is 10.6 Å². The van der Waals surface area contributed by atoms with Crippen LogP contribution in [0.4, 0.5) is 4.39 Å². The summed E-state index contributed by atoms with van der Waals surface area (Å²) >= 11 is 0. The van der Waals surface area contributed by atoms with E-state index < -0.39 is 0 Å². The van der Waals surface area contributed by atoms with Crippen LogP contribution in [-0.4, -0.2) is 24.3 Å². The van der Waals surface area contributed by atoms with Gasteiger partial charge in [0.2, 0.25) is 0 Å². The number of benzene rings is 1. The quantitative estimate of drug-likeness (QED) is 0.634. The highest BCUT2D eigenvalue weighted by molar-refractivity contribution is 5.95. The van der Waals surface area contributed by atoms with Gasteiger partial charge in [0.1, 0.15) is 11.7 Å². The average molecular weight is 263 g/mol. The molecule has 0 radical (unpaired) electrons. The molecule has 0 bridgehead atoms. The molecule has 0 aromatic heterocycles. The summed E-state index contributed by atoms with van der Waals surface area (Å²) in [6.07, 6.45) is 5.24. The van der Waals surface area contributed by atoms with Crippen LogP contribution in [0.3, 0.4) is 0 Å². The van der Waals surface area contributed by atoms with E-state index in [1.807, 2.05) is 7.05 Å². The van der Waals surface area contributed by atoms with Crippen LogP contribution in [0.2, 0.25) is 0 Å². The molecule has 1 aliphatic carbocycles. The maximum atomic E-state index is 14.1. The van der Waals surface area contributed by atoms with Gasteiger partial charge in [-0.25, -0.2) is 4.39 Å². The van der Waals surface area contributed by atoms with Crippen LogP contribution in [0.15, 0.2) is 18.2 Å².